The molecule has 0 fully saturated rings. The van der Waals surface area contributed by atoms with Gasteiger partial charge in [0.2, 0.25) is 0 Å². The lowest BCUT2D eigenvalue weighted by atomic mass is 10.1. The van der Waals surface area contributed by atoms with Crippen LogP contribution in [0.3, 0.4) is 0 Å². The fraction of sp³-hybridized carbons (Fsp3) is 0.263. The Labute approximate surface area is 156 Å². The minimum atomic E-state index is -3.85. The van der Waals surface area contributed by atoms with Gasteiger partial charge in [-0.3, -0.25) is 8.78 Å². The van der Waals surface area contributed by atoms with Crippen molar-refractivity contribution in [2.24, 2.45) is 0 Å². The van der Waals surface area contributed by atoms with Crippen LogP contribution in [0.15, 0.2) is 60.2 Å². The van der Waals surface area contributed by atoms with Gasteiger partial charge in [0.25, 0.3) is 0 Å². The molecule has 2 unspecified atom stereocenters. The van der Waals surface area contributed by atoms with Gasteiger partial charge in [0.05, 0.1) is 16.2 Å². The summed E-state index contributed by atoms with van der Waals surface area (Å²) in [4.78, 5) is 0. The second-order valence-electron chi connectivity index (χ2n) is 6.59. The van der Waals surface area contributed by atoms with Crippen molar-refractivity contribution in [3.8, 4) is 5.75 Å². The fourth-order valence-electron chi connectivity index (χ4n) is 3.61. The summed E-state index contributed by atoms with van der Waals surface area (Å²) in [5, 5.41) is 0. The summed E-state index contributed by atoms with van der Waals surface area (Å²) in [6, 6.07) is 1.36. The lowest BCUT2D eigenvalue weighted by Crippen LogP contribution is -2.63. The molecule has 1 aromatic carbocycles. The molecule has 27 heavy (non-hydrogen) atoms. The van der Waals surface area contributed by atoms with Gasteiger partial charge in [0.1, 0.15) is 17.5 Å². The molecule has 142 valence electrons. The molecule has 0 amide bonds. The molecule has 8 heteroatoms. The number of hydrogen-bond acceptors (Lipinski definition) is 1. The highest BCUT2D eigenvalue weighted by molar-refractivity contribution is 6.79. The zero-order valence-electron chi connectivity index (χ0n) is 14.3. The normalized spacial score (nSPS) is 27.2. The molecule has 2 aliphatic rings. The highest BCUT2D eigenvalue weighted by atomic mass is 27.2. The Morgan fingerprint density at radius 3 is 1.81 bits per heavy atom. The maximum Gasteiger partial charge on any atom is 0.428 e. The first-order chi connectivity index (χ1) is 12.7. The monoisotopic (exact) mass is 400 g/mol. The molecule has 1 aromatic rings. The van der Waals surface area contributed by atoms with Crippen LogP contribution in [0.5, 0.6) is 5.75 Å². The third kappa shape index (κ3) is 3.74. The molecule has 3 rings (SSSR count). The summed E-state index contributed by atoms with van der Waals surface area (Å²) in [7, 11) is 1.12. The molecule has 2 aliphatic carbocycles. The summed E-state index contributed by atoms with van der Waals surface area (Å²) >= 11 is -3.85. The zero-order valence-corrected chi connectivity index (χ0v) is 15.4. The largest absolute Gasteiger partial charge is 0.494 e. The van der Waals surface area contributed by atoms with Crippen molar-refractivity contribution in [2.45, 2.75) is 21.9 Å². The number of alkyl halides is 2. The number of halogens is 6. The van der Waals surface area contributed by atoms with E-state index in [9.17, 15) is 17.6 Å². The van der Waals surface area contributed by atoms with E-state index in [1.54, 1.807) is 0 Å². The highest BCUT2D eigenvalue weighted by Crippen LogP contribution is 2.41. The lowest BCUT2D eigenvalue weighted by molar-refractivity contribution is 0.258. The Morgan fingerprint density at radius 1 is 0.852 bits per heavy atom. The Morgan fingerprint density at radius 2 is 1.37 bits per heavy atom. The Hall–Kier alpha value is -1.91. The highest BCUT2D eigenvalue weighted by Gasteiger charge is 2.59. The summed E-state index contributed by atoms with van der Waals surface area (Å²) in [6.45, 7) is 0. The quantitative estimate of drug-likeness (QED) is 0.521. The van der Waals surface area contributed by atoms with E-state index in [-0.39, 0.29) is 0 Å². The van der Waals surface area contributed by atoms with Gasteiger partial charge in [-0.15, -0.1) is 0 Å². The van der Waals surface area contributed by atoms with E-state index >= 15 is 8.78 Å². The van der Waals surface area contributed by atoms with Gasteiger partial charge in [0, 0.05) is 18.9 Å². The molecule has 0 spiro atoms. The predicted molar refractivity (Wildman–Crippen MR) is 91.9 cm³/mol. The van der Waals surface area contributed by atoms with E-state index in [1.165, 1.54) is 0 Å². The van der Waals surface area contributed by atoms with Crippen LogP contribution in [0.25, 0.3) is 0 Å². The average molecular weight is 400 g/mol. The Bertz CT molecular complexity index is 835. The molecule has 0 bridgehead atoms. The van der Waals surface area contributed by atoms with Crippen LogP contribution in [0.1, 0.15) is 12.8 Å². The molecule has 0 aromatic heterocycles. The third-order valence-corrected chi connectivity index (χ3v) is 8.50. The van der Waals surface area contributed by atoms with Crippen LogP contribution in [0, 0.1) is 11.6 Å². The van der Waals surface area contributed by atoms with E-state index in [1.807, 2.05) is 0 Å². The first kappa shape index (κ1) is 19.8. The maximum atomic E-state index is 15.8. The van der Waals surface area contributed by atoms with Crippen molar-refractivity contribution in [1.29, 1.82) is 0 Å². The molecule has 0 saturated heterocycles. The average Bonchev–Trinajstić information content (AvgIpc) is 2.56. The Balaban J connectivity index is 2.21. The standard InChI is InChI=1S/C7H5F2O.2C6H5F2.Al/c1-10-7-3-2-5(8)4-6(7)9;2*7-5-2-1-3-6(8)4-5;/h3-4H,1H3;2*1-3H,4H2;. The molecule has 2 atom stereocenters. The predicted octanol–water partition coefficient (Wildman–Crippen LogP) is 4.80. The van der Waals surface area contributed by atoms with Crippen LogP contribution < -0.4 is 9.16 Å². The van der Waals surface area contributed by atoms with Gasteiger partial charge in [-0.1, -0.05) is 28.7 Å². The summed E-state index contributed by atoms with van der Waals surface area (Å²) in [5.74, 6) is -4.30. The summed E-state index contributed by atoms with van der Waals surface area (Å²) in [6.07, 6.45) is 4.54. The molecule has 0 saturated carbocycles. The fourth-order valence-corrected chi connectivity index (χ4v) is 7.53. The minimum Gasteiger partial charge on any atom is -0.494 e. The van der Waals surface area contributed by atoms with Crippen LogP contribution in [-0.4, -0.2) is 30.3 Å². The summed E-state index contributed by atoms with van der Waals surface area (Å²) in [5.41, 5.74) is 0. The number of methoxy groups -OCH3 is 1. The van der Waals surface area contributed by atoms with E-state index in [0.717, 1.165) is 49.6 Å². The molecule has 0 radical (unpaired) electrons. The van der Waals surface area contributed by atoms with Crippen LogP contribution in [0.2, 0.25) is 0 Å². The molecular weight excluding hydrogens is 385 g/mol. The number of hydrogen-bond donors (Lipinski definition) is 0. The van der Waals surface area contributed by atoms with Gasteiger partial charge in [-0.05, 0) is 18.2 Å². The maximum absolute atomic E-state index is 15.8. The summed E-state index contributed by atoms with van der Waals surface area (Å²) < 4.78 is 86.9. The SMILES string of the molecule is COc1c[c]([Al]([C]2(F)C=CC=C(F)C2)[C]2(F)C=CC=C(F)C2)c(F)cc1F. The Kier molecular flexibility index (Phi) is 5.33. The molecule has 0 aliphatic heterocycles. The molecule has 1 nitrogen and oxygen atoms in total. The van der Waals surface area contributed by atoms with Gasteiger partial charge < -0.3 is 4.74 Å². The number of allylic oxidation sites excluding steroid dienone is 8. The van der Waals surface area contributed by atoms with Crippen molar-refractivity contribution >= 4 is 18.6 Å². The van der Waals surface area contributed by atoms with Crippen LogP contribution in [0.4, 0.5) is 26.3 Å². The van der Waals surface area contributed by atoms with Gasteiger partial charge in [0.15, 0.2) is 11.6 Å². The van der Waals surface area contributed by atoms with Crippen molar-refractivity contribution in [2.75, 3.05) is 7.11 Å². The number of ether oxygens (including phenoxy) is 1. The third-order valence-electron chi connectivity index (χ3n) is 4.72. The molecule has 0 N–H and O–H groups in total. The van der Waals surface area contributed by atoms with Gasteiger partial charge in [-0.2, -0.15) is 0 Å². The number of rotatable bonds is 4. The van der Waals surface area contributed by atoms with Crippen molar-refractivity contribution in [3.05, 3.63) is 71.9 Å². The van der Waals surface area contributed by atoms with E-state index in [2.05, 4.69) is 0 Å². The number of benzene rings is 1. The van der Waals surface area contributed by atoms with E-state index in [0.29, 0.717) is 6.07 Å². The second kappa shape index (κ2) is 7.25. The van der Waals surface area contributed by atoms with Crippen molar-refractivity contribution in [1.82, 2.24) is 0 Å². The second-order valence-corrected chi connectivity index (χ2v) is 10.0. The first-order valence-electron chi connectivity index (χ1n) is 8.17. The van der Waals surface area contributed by atoms with Gasteiger partial charge in [-0.25, -0.2) is 17.6 Å². The zero-order chi connectivity index (χ0) is 19.8. The lowest BCUT2D eigenvalue weighted by Gasteiger charge is -2.38. The van der Waals surface area contributed by atoms with Crippen LogP contribution in [-0.2, 0) is 0 Å². The minimum absolute atomic E-state index is 0.400. The topological polar surface area (TPSA) is 9.23 Å². The van der Waals surface area contributed by atoms with E-state index in [4.69, 9.17) is 4.74 Å². The van der Waals surface area contributed by atoms with Crippen molar-refractivity contribution < 1.29 is 31.1 Å². The van der Waals surface area contributed by atoms with Crippen molar-refractivity contribution in [3.63, 3.8) is 0 Å². The molecular formula is C19H15AlF6O. The molecule has 0 heterocycles. The van der Waals surface area contributed by atoms with Crippen LogP contribution >= 0.6 is 0 Å². The van der Waals surface area contributed by atoms with E-state index < -0.39 is 69.5 Å². The first-order valence-corrected chi connectivity index (χ1v) is 9.90. The smallest absolute Gasteiger partial charge is 0.428 e. The van der Waals surface area contributed by atoms with Gasteiger partial charge >= 0.3 is 14.1 Å².